The first-order valence-electron chi connectivity index (χ1n) is 3.21. The van der Waals surface area contributed by atoms with Crippen LogP contribution in [-0.4, -0.2) is 36.6 Å². The lowest BCUT2D eigenvalue weighted by Gasteiger charge is -2.08. The Morgan fingerprint density at radius 2 is 1.91 bits per heavy atom. The van der Waals surface area contributed by atoms with Gasteiger partial charge < -0.3 is 9.92 Å². The van der Waals surface area contributed by atoms with E-state index in [2.05, 4.69) is 9.97 Å². The first kappa shape index (κ1) is 8.01. The molecule has 0 saturated heterocycles. The van der Waals surface area contributed by atoms with Gasteiger partial charge in [-0.05, 0) is 5.46 Å². The molecule has 0 aliphatic heterocycles. The zero-order valence-corrected chi connectivity index (χ0v) is 6.52. The standard InChI is InChI=1S/C6H9BN3O/c1-10(2)6-8-3-5(7-11)4-9-6/h3-4,11H,1-2H3. The number of anilines is 1. The van der Waals surface area contributed by atoms with Crippen LogP contribution >= 0.6 is 0 Å². The first-order valence-corrected chi connectivity index (χ1v) is 3.21. The largest absolute Gasteiger partial charge is 0.450 e. The molecule has 0 bridgehead atoms. The fourth-order valence-corrected chi connectivity index (χ4v) is 0.629. The topological polar surface area (TPSA) is 49.2 Å². The summed E-state index contributed by atoms with van der Waals surface area (Å²) in [5.41, 5.74) is 0.607. The highest BCUT2D eigenvalue weighted by molar-refractivity contribution is 6.45. The van der Waals surface area contributed by atoms with Crippen molar-refractivity contribution in [2.75, 3.05) is 19.0 Å². The van der Waals surface area contributed by atoms with Gasteiger partial charge in [0.1, 0.15) is 0 Å². The summed E-state index contributed by atoms with van der Waals surface area (Å²) < 4.78 is 0. The molecule has 1 rings (SSSR count). The summed E-state index contributed by atoms with van der Waals surface area (Å²) in [5.74, 6) is 0.635. The van der Waals surface area contributed by atoms with Crippen LogP contribution in [0.15, 0.2) is 12.4 Å². The van der Waals surface area contributed by atoms with E-state index in [1.54, 1.807) is 17.3 Å². The highest BCUT2D eigenvalue weighted by atomic mass is 16.2. The van der Waals surface area contributed by atoms with Gasteiger partial charge in [-0.15, -0.1) is 0 Å². The average molecular weight is 150 g/mol. The van der Waals surface area contributed by atoms with Gasteiger partial charge in [-0.3, -0.25) is 0 Å². The van der Waals surface area contributed by atoms with Crippen molar-refractivity contribution in [3.05, 3.63) is 12.4 Å². The van der Waals surface area contributed by atoms with Crippen LogP contribution < -0.4 is 10.4 Å². The molecule has 0 saturated carbocycles. The van der Waals surface area contributed by atoms with Crippen molar-refractivity contribution in [1.29, 1.82) is 0 Å². The molecule has 1 aromatic rings. The molecule has 0 fully saturated rings. The van der Waals surface area contributed by atoms with Crippen LogP contribution in [0.5, 0.6) is 0 Å². The Hall–Kier alpha value is -1.10. The van der Waals surface area contributed by atoms with Gasteiger partial charge in [-0.2, -0.15) is 0 Å². The minimum atomic E-state index is 0.607. The molecule has 0 atom stereocenters. The summed E-state index contributed by atoms with van der Waals surface area (Å²) in [6, 6.07) is 0. The molecule has 57 valence electrons. The zero-order chi connectivity index (χ0) is 8.27. The van der Waals surface area contributed by atoms with E-state index < -0.39 is 0 Å². The normalized spacial score (nSPS) is 9.36. The van der Waals surface area contributed by atoms with Crippen molar-refractivity contribution in [3.8, 4) is 0 Å². The lowest BCUT2D eigenvalue weighted by Crippen LogP contribution is -2.19. The van der Waals surface area contributed by atoms with E-state index in [4.69, 9.17) is 5.02 Å². The maximum absolute atomic E-state index is 8.55. The molecule has 1 heterocycles. The Bertz CT molecular complexity index is 224. The maximum atomic E-state index is 8.55. The Labute approximate surface area is 66.2 Å². The van der Waals surface area contributed by atoms with Crippen molar-refractivity contribution in [2.24, 2.45) is 0 Å². The second-order valence-corrected chi connectivity index (χ2v) is 2.34. The number of nitrogens with zero attached hydrogens (tertiary/aromatic N) is 3. The van der Waals surface area contributed by atoms with E-state index in [0.29, 0.717) is 11.4 Å². The van der Waals surface area contributed by atoms with Crippen LogP contribution in [0.1, 0.15) is 0 Å². The second-order valence-electron chi connectivity index (χ2n) is 2.34. The molecule has 1 radical (unpaired) electrons. The molecule has 0 amide bonds. The van der Waals surface area contributed by atoms with Crippen LogP contribution in [0.3, 0.4) is 0 Å². The molecular weight excluding hydrogens is 141 g/mol. The van der Waals surface area contributed by atoms with E-state index in [1.165, 1.54) is 0 Å². The van der Waals surface area contributed by atoms with Gasteiger partial charge in [0, 0.05) is 26.5 Å². The lowest BCUT2D eigenvalue weighted by molar-refractivity contribution is 0.615. The summed E-state index contributed by atoms with van der Waals surface area (Å²) in [4.78, 5) is 9.74. The quantitative estimate of drug-likeness (QED) is 0.536. The molecule has 0 unspecified atom stereocenters. The second kappa shape index (κ2) is 3.34. The van der Waals surface area contributed by atoms with Gasteiger partial charge in [-0.25, -0.2) is 9.97 Å². The van der Waals surface area contributed by atoms with Gasteiger partial charge in [0.05, 0.1) is 0 Å². The molecule has 1 aromatic heterocycles. The lowest BCUT2D eigenvalue weighted by atomic mass is 9.92. The number of hydrogen-bond donors (Lipinski definition) is 1. The Kier molecular flexibility index (Phi) is 2.43. The maximum Gasteiger partial charge on any atom is 0.329 e. The van der Waals surface area contributed by atoms with Crippen molar-refractivity contribution in [1.82, 2.24) is 9.97 Å². The van der Waals surface area contributed by atoms with E-state index in [9.17, 15) is 0 Å². The van der Waals surface area contributed by atoms with Gasteiger partial charge in [0.25, 0.3) is 0 Å². The predicted octanol–water partition coefficient (Wildman–Crippen LogP) is -1.22. The summed E-state index contributed by atoms with van der Waals surface area (Å²) in [6.45, 7) is 0. The number of hydrogen-bond acceptors (Lipinski definition) is 4. The van der Waals surface area contributed by atoms with Gasteiger partial charge >= 0.3 is 7.48 Å². The van der Waals surface area contributed by atoms with Crippen LogP contribution in [0.2, 0.25) is 0 Å². The highest BCUT2D eigenvalue weighted by Crippen LogP contribution is 1.95. The SMILES string of the molecule is CN(C)c1ncc([B]O)cn1. The Balaban J connectivity index is 2.83. The summed E-state index contributed by atoms with van der Waals surface area (Å²) in [5, 5.41) is 8.55. The summed E-state index contributed by atoms with van der Waals surface area (Å²) in [6.07, 6.45) is 3.12. The Morgan fingerprint density at radius 3 is 2.27 bits per heavy atom. The third kappa shape index (κ3) is 1.91. The molecule has 0 aromatic carbocycles. The zero-order valence-electron chi connectivity index (χ0n) is 6.52. The van der Waals surface area contributed by atoms with E-state index in [-0.39, 0.29) is 0 Å². The Morgan fingerprint density at radius 1 is 1.36 bits per heavy atom. The van der Waals surface area contributed by atoms with Crippen molar-refractivity contribution < 1.29 is 5.02 Å². The molecule has 4 nitrogen and oxygen atoms in total. The average Bonchev–Trinajstić information content (AvgIpc) is 2.05. The van der Waals surface area contributed by atoms with Gasteiger partial charge in [0.15, 0.2) is 0 Å². The van der Waals surface area contributed by atoms with Crippen molar-refractivity contribution in [2.45, 2.75) is 0 Å². The molecule has 1 N–H and O–H groups in total. The smallest absolute Gasteiger partial charge is 0.329 e. The van der Waals surface area contributed by atoms with Crippen LogP contribution in [0.4, 0.5) is 5.95 Å². The molecular formula is C6H9BN3O. The first-order chi connectivity index (χ1) is 5.24. The molecule has 0 aliphatic rings. The molecule has 0 spiro atoms. The monoisotopic (exact) mass is 150 g/mol. The van der Waals surface area contributed by atoms with E-state index in [0.717, 1.165) is 7.48 Å². The minimum absolute atomic E-state index is 0.607. The summed E-state index contributed by atoms with van der Waals surface area (Å²) >= 11 is 0. The van der Waals surface area contributed by atoms with Crippen molar-refractivity contribution in [3.63, 3.8) is 0 Å². The van der Waals surface area contributed by atoms with Gasteiger partial charge in [0.2, 0.25) is 5.95 Å². The molecule has 0 aliphatic carbocycles. The molecule has 5 heteroatoms. The minimum Gasteiger partial charge on any atom is -0.450 e. The predicted molar refractivity (Wildman–Crippen MR) is 44.0 cm³/mol. The third-order valence-corrected chi connectivity index (χ3v) is 1.21. The summed E-state index contributed by atoms with van der Waals surface area (Å²) in [7, 11) is 4.69. The van der Waals surface area contributed by atoms with Crippen molar-refractivity contribution >= 4 is 18.9 Å². The molecule has 11 heavy (non-hydrogen) atoms. The fourth-order valence-electron chi connectivity index (χ4n) is 0.629. The van der Waals surface area contributed by atoms with Crippen LogP contribution in [-0.2, 0) is 0 Å². The number of rotatable bonds is 2. The number of aromatic nitrogens is 2. The van der Waals surface area contributed by atoms with E-state index >= 15 is 0 Å². The van der Waals surface area contributed by atoms with Crippen LogP contribution in [0.25, 0.3) is 0 Å². The fraction of sp³-hybridized carbons (Fsp3) is 0.333. The van der Waals surface area contributed by atoms with Crippen LogP contribution in [0, 0.1) is 0 Å². The third-order valence-electron chi connectivity index (χ3n) is 1.21. The van der Waals surface area contributed by atoms with E-state index in [1.807, 2.05) is 14.1 Å². The highest BCUT2D eigenvalue weighted by Gasteiger charge is 1.98. The van der Waals surface area contributed by atoms with Gasteiger partial charge in [-0.1, -0.05) is 0 Å².